The van der Waals surface area contributed by atoms with Gasteiger partial charge in [-0.05, 0) is 17.7 Å². The molecule has 1 rings (SSSR count). The third kappa shape index (κ3) is 1.73. The molecule has 0 fully saturated rings. The van der Waals surface area contributed by atoms with Gasteiger partial charge >= 0.3 is 0 Å². The van der Waals surface area contributed by atoms with Gasteiger partial charge in [0.15, 0.2) is 23.0 Å². The van der Waals surface area contributed by atoms with Crippen molar-refractivity contribution in [3.05, 3.63) is 36.4 Å². The fourth-order valence-corrected chi connectivity index (χ4v) is 0.963. The largest absolute Gasteiger partial charge is 0.428 e. The molecule has 0 aliphatic heterocycles. The predicted octanol–water partition coefficient (Wildman–Crippen LogP) is 3.06. The molecular formula is C8H7IO. The summed E-state index contributed by atoms with van der Waals surface area (Å²) in [6, 6.07) is 7.75. The molecule has 0 aliphatic carbocycles. The van der Waals surface area contributed by atoms with Crippen LogP contribution in [0.1, 0.15) is 5.56 Å². The van der Waals surface area contributed by atoms with Gasteiger partial charge in [-0.2, -0.15) is 0 Å². The smallest absolute Gasteiger partial charge is 0.192 e. The third-order valence-electron chi connectivity index (χ3n) is 1.18. The molecule has 1 aromatic carbocycles. The van der Waals surface area contributed by atoms with Crippen molar-refractivity contribution in [2.24, 2.45) is 0 Å². The summed E-state index contributed by atoms with van der Waals surface area (Å²) >= 11 is 1.85. The van der Waals surface area contributed by atoms with Crippen molar-refractivity contribution in [3.63, 3.8) is 0 Å². The third-order valence-corrected chi connectivity index (χ3v) is 1.69. The van der Waals surface area contributed by atoms with Crippen molar-refractivity contribution in [3.8, 4) is 5.75 Å². The Morgan fingerprint density at radius 1 is 1.50 bits per heavy atom. The van der Waals surface area contributed by atoms with Crippen molar-refractivity contribution in [1.29, 1.82) is 0 Å². The highest BCUT2D eigenvalue weighted by molar-refractivity contribution is 14.1. The van der Waals surface area contributed by atoms with Gasteiger partial charge in [-0.1, -0.05) is 24.8 Å². The Morgan fingerprint density at radius 2 is 2.30 bits per heavy atom. The van der Waals surface area contributed by atoms with E-state index in [1.54, 1.807) is 6.08 Å². The Kier molecular flexibility index (Phi) is 2.74. The van der Waals surface area contributed by atoms with E-state index in [9.17, 15) is 0 Å². The summed E-state index contributed by atoms with van der Waals surface area (Å²) in [5.74, 6) is 0.859. The Bertz CT molecular complexity index is 232. The Labute approximate surface area is 74.4 Å². The van der Waals surface area contributed by atoms with Gasteiger partial charge in [0, 0.05) is 0 Å². The van der Waals surface area contributed by atoms with Crippen molar-refractivity contribution < 1.29 is 3.07 Å². The first-order valence-corrected chi connectivity index (χ1v) is 3.76. The molecule has 1 aromatic rings. The average molecular weight is 246 g/mol. The van der Waals surface area contributed by atoms with Crippen LogP contribution in [0.5, 0.6) is 5.75 Å². The summed E-state index contributed by atoms with van der Waals surface area (Å²) in [5.41, 5.74) is 1.08. The van der Waals surface area contributed by atoms with E-state index in [4.69, 9.17) is 3.07 Å². The Hall–Kier alpha value is -0.510. The molecule has 0 heterocycles. The quantitative estimate of drug-likeness (QED) is 0.728. The molecule has 10 heavy (non-hydrogen) atoms. The topological polar surface area (TPSA) is 9.23 Å². The van der Waals surface area contributed by atoms with E-state index in [0.29, 0.717) is 0 Å². The molecule has 0 unspecified atom stereocenters. The Morgan fingerprint density at radius 3 is 2.90 bits per heavy atom. The second-order valence-corrected chi connectivity index (χ2v) is 2.29. The molecule has 0 aromatic heterocycles. The van der Waals surface area contributed by atoms with Crippen LogP contribution in [0.25, 0.3) is 6.08 Å². The van der Waals surface area contributed by atoms with Crippen molar-refractivity contribution >= 4 is 29.1 Å². The predicted molar refractivity (Wildman–Crippen MR) is 51.2 cm³/mol. The summed E-state index contributed by atoms with van der Waals surface area (Å²) in [5, 5.41) is 0. The summed E-state index contributed by atoms with van der Waals surface area (Å²) in [6.07, 6.45) is 1.79. The molecule has 52 valence electrons. The maximum Gasteiger partial charge on any atom is 0.192 e. The van der Waals surface area contributed by atoms with Gasteiger partial charge in [0.1, 0.15) is 5.75 Å². The van der Waals surface area contributed by atoms with Gasteiger partial charge in [0.05, 0.1) is 0 Å². The van der Waals surface area contributed by atoms with Crippen molar-refractivity contribution in [2.45, 2.75) is 0 Å². The van der Waals surface area contributed by atoms with Gasteiger partial charge in [-0.3, -0.25) is 0 Å². The summed E-state index contributed by atoms with van der Waals surface area (Å²) < 4.78 is 4.98. The lowest BCUT2D eigenvalue weighted by Crippen LogP contribution is -1.74. The molecule has 2 heteroatoms. The Balaban J connectivity index is 2.98. The molecular weight excluding hydrogens is 239 g/mol. The number of benzene rings is 1. The summed E-state index contributed by atoms with van der Waals surface area (Å²) in [4.78, 5) is 0. The second kappa shape index (κ2) is 3.61. The minimum absolute atomic E-state index is 0.859. The van der Waals surface area contributed by atoms with Gasteiger partial charge in [-0.25, -0.2) is 0 Å². The van der Waals surface area contributed by atoms with Gasteiger partial charge in [0.2, 0.25) is 0 Å². The van der Waals surface area contributed by atoms with Crippen LogP contribution in [-0.4, -0.2) is 0 Å². The monoisotopic (exact) mass is 246 g/mol. The lowest BCUT2D eigenvalue weighted by atomic mass is 10.2. The van der Waals surface area contributed by atoms with E-state index < -0.39 is 0 Å². The van der Waals surface area contributed by atoms with E-state index in [0.717, 1.165) is 11.3 Å². The highest BCUT2D eigenvalue weighted by Gasteiger charge is 1.89. The summed E-state index contributed by atoms with van der Waals surface area (Å²) in [6.45, 7) is 3.65. The van der Waals surface area contributed by atoms with E-state index >= 15 is 0 Å². The van der Waals surface area contributed by atoms with Crippen LogP contribution in [0.4, 0.5) is 0 Å². The molecule has 0 N–H and O–H groups in total. The first kappa shape index (κ1) is 7.60. The van der Waals surface area contributed by atoms with Crippen LogP contribution in [-0.2, 0) is 0 Å². The molecule has 1 nitrogen and oxygen atoms in total. The molecule has 0 aliphatic rings. The maximum atomic E-state index is 4.98. The van der Waals surface area contributed by atoms with Gasteiger partial charge in [0.25, 0.3) is 0 Å². The number of rotatable bonds is 2. The second-order valence-electron chi connectivity index (χ2n) is 1.85. The first-order valence-electron chi connectivity index (χ1n) is 2.88. The van der Waals surface area contributed by atoms with Crippen LogP contribution < -0.4 is 3.07 Å². The van der Waals surface area contributed by atoms with Crippen LogP contribution in [0.3, 0.4) is 0 Å². The van der Waals surface area contributed by atoms with E-state index in [1.807, 2.05) is 47.3 Å². The van der Waals surface area contributed by atoms with E-state index in [2.05, 4.69) is 6.58 Å². The standard InChI is InChI=1S/C8H7IO/c1-2-7-4-3-5-8(6-7)10-9/h2-6H,1H2. The molecule has 0 radical (unpaired) electrons. The van der Waals surface area contributed by atoms with E-state index in [1.165, 1.54) is 0 Å². The highest BCUT2D eigenvalue weighted by atomic mass is 127. The fourth-order valence-electron chi connectivity index (χ4n) is 0.690. The normalized spacial score (nSPS) is 8.90. The molecule has 0 spiro atoms. The lowest BCUT2D eigenvalue weighted by molar-refractivity contribution is 0.717. The van der Waals surface area contributed by atoms with Crippen LogP contribution in [0.15, 0.2) is 30.8 Å². The molecule has 0 saturated carbocycles. The van der Waals surface area contributed by atoms with E-state index in [-0.39, 0.29) is 0 Å². The minimum Gasteiger partial charge on any atom is -0.428 e. The molecule has 0 amide bonds. The highest BCUT2D eigenvalue weighted by Crippen LogP contribution is 2.15. The zero-order valence-corrected chi connectivity index (χ0v) is 7.54. The average Bonchev–Trinajstić information content (AvgIpc) is 2.05. The van der Waals surface area contributed by atoms with Crippen molar-refractivity contribution in [1.82, 2.24) is 0 Å². The van der Waals surface area contributed by atoms with Gasteiger partial charge in [-0.15, -0.1) is 0 Å². The van der Waals surface area contributed by atoms with Crippen LogP contribution in [0, 0.1) is 0 Å². The van der Waals surface area contributed by atoms with Crippen molar-refractivity contribution in [2.75, 3.05) is 0 Å². The zero-order valence-electron chi connectivity index (χ0n) is 5.38. The number of hydrogen-bond donors (Lipinski definition) is 0. The summed E-state index contributed by atoms with van der Waals surface area (Å²) in [7, 11) is 0. The first-order chi connectivity index (χ1) is 4.86. The van der Waals surface area contributed by atoms with Crippen LogP contribution >= 0.6 is 23.0 Å². The molecule has 0 bridgehead atoms. The number of halogens is 1. The SMILES string of the molecule is C=Cc1cccc(OI)c1. The fraction of sp³-hybridized carbons (Fsp3) is 0. The van der Waals surface area contributed by atoms with Gasteiger partial charge < -0.3 is 3.07 Å². The maximum absolute atomic E-state index is 4.98. The zero-order chi connectivity index (χ0) is 7.40. The lowest BCUT2D eigenvalue weighted by Gasteiger charge is -1.96. The minimum atomic E-state index is 0.859. The molecule has 0 atom stereocenters. The number of hydrogen-bond acceptors (Lipinski definition) is 1. The van der Waals surface area contributed by atoms with Crippen LogP contribution in [0.2, 0.25) is 0 Å². The molecule has 0 saturated heterocycles.